The van der Waals surface area contributed by atoms with E-state index in [0.29, 0.717) is 34.1 Å². The highest BCUT2D eigenvalue weighted by atomic mass is 16.5. The molecule has 0 radical (unpaired) electrons. The fraction of sp³-hybridized carbons (Fsp3) is 0.278. The summed E-state index contributed by atoms with van der Waals surface area (Å²) in [5, 5.41) is 13.7. The number of ether oxygens (including phenoxy) is 3. The van der Waals surface area contributed by atoms with Crippen LogP contribution < -0.4 is 19.5 Å². The Morgan fingerprint density at radius 3 is 2.32 bits per heavy atom. The predicted molar refractivity (Wildman–Crippen MR) is 92.7 cm³/mol. The number of phenolic OH excluding ortho intramolecular Hbond substituents is 1. The summed E-state index contributed by atoms with van der Waals surface area (Å²) in [6, 6.07) is 8.51. The van der Waals surface area contributed by atoms with E-state index >= 15 is 0 Å². The van der Waals surface area contributed by atoms with E-state index < -0.39 is 6.17 Å². The molecule has 1 aliphatic rings. The number of phenols is 1. The molecular formula is C18H20N2O5. The number of hydrogen-bond acceptors (Lipinski definition) is 6. The van der Waals surface area contributed by atoms with Gasteiger partial charge in [0.15, 0.2) is 23.0 Å². The number of benzene rings is 2. The number of nitrogens with zero attached hydrogens (tertiary/aromatic N) is 1. The third kappa shape index (κ3) is 2.67. The molecule has 0 saturated carbocycles. The zero-order valence-corrected chi connectivity index (χ0v) is 14.5. The Hall–Kier alpha value is -3.09. The van der Waals surface area contributed by atoms with Gasteiger partial charge in [0.1, 0.15) is 6.17 Å². The second-order valence-electron chi connectivity index (χ2n) is 5.61. The molecule has 7 nitrogen and oxygen atoms in total. The molecule has 1 atom stereocenters. The molecule has 0 bridgehead atoms. The summed E-state index contributed by atoms with van der Waals surface area (Å²) in [5.41, 5.74) is 1.61. The molecule has 0 spiro atoms. The van der Waals surface area contributed by atoms with Crippen LogP contribution in [0.15, 0.2) is 30.3 Å². The van der Waals surface area contributed by atoms with Crippen molar-refractivity contribution in [1.82, 2.24) is 4.90 Å². The van der Waals surface area contributed by atoms with Crippen molar-refractivity contribution < 1.29 is 24.1 Å². The van der Waals surface area contributed by atoms with Crippen LogP contribution >= 0.6 is 0 Å². The fourth-order valence-corrected chi connectivity index (χ4v) is 2.94. The maximum Gasteiger partial charge on any atom is 0.257 e. The smallest absolute Gasteiger partial charge is 0.257 e. The molecule has 0 fully saturated rings. The van der Waals surface area contributed by atoms with E-state index in [2.05, 4.69) is 5.32 Å². The fourth-order valence-electron chi connectivity index (χ4n) is 2.94. The van der Waals surface area contributed by atoms with E-state index in [1.54, 1.807) is 37.4 Å². The van der Waals surface area contributed by atoms with Gasteiger partial charge in [0.2, 0.25) is 0 Å². The summed E-state index contributed by atoms with van der Waals surface area (Å²) in [4.78, 5) is 14.3. The number of fused-ring (bicyclic) bond motifs is 1. The van der Waals surface area contributed by atoms with Gasteiger partial charge in [-0.1, -0.05) is 12.1 Å². The molecule has 0 aliphatic carbocycles. The van der Waals surface area contributed by atoms with Crippen LogP contribution in [0, 0.1) is 0 Å². The van der Waals surface area contributed by atoms with Crippen molar-refractivity contribution in [2.24, 2.45) is 0 Å². The van der Waals surface area contributed by atoms with Crippen LogP contribution in [0.25, 0.3) is 0 Å². The highest BCUT2D eigenvalue weighted by Gasteiger charge is 2.33. The van der Waals surface area contributed by atoms with Gasteiger partial charge in [0.05, 0.1) is 32.6 Å². The van der Waals surface area contributed by atoms with Gasteiger partial charge < -0.3 is 29.5 Å². The molecule has 0 aromatic heterocycles. The second kappa shape index (κ2) is 6.43. The lowest BCUT2D eigenvalue weighted by Gasteiger charge is -2.36. The van der Waals surface area contributed by atoms with Crippen LogP contribution in [0.5, 0.6) is 23.0 Å². The summed E-state index contributed by atoms with van der Waals surface area (Å²) in [6.45, 7) is 0. The number of para-hydroxylation sites is 1. The lowest BCUT2D eigenvalue weighted by atomic mass is 10.0. The maximum atomic E-state index is 12.8. The zero-order chi connectivity index (χ0) is 18.1. The van der Waals surface area contributed by atoms with Gasteiger partial charge in [-0.15, -0.1) is 0 Å². The standard InChI is InChI=1S/C18H20N2O5/c1-20-17(10-6-5-7-13(23-2)16(10)21)19-12-9-15(25-4)14(24-3)8-11(12)18(20)22/h5-9,17,19,21H,1-4H3/t17-/m0/s1. The number of rotatable bonds is 4. The highest BCUT2D eigenvalue weighted by molar-refractivity contribution is 6.02. The van der Waals surface area contributed by atoms with Gasteiger partial charge in [-0.25, -0.2) is 0 Å². The summed E-state index contributed by atoms with van der Waals surface area (Å²) >= 11 is 0. The van der Waals surface area contributed by atoms with E-state index in [1.807, 2.05) is 0 Å². The molecule has 0 saturated heterocycles. The summed E-state index contributed by atoms with van der Waals surface area (Å²) in [6.07, 6.45) is -0.548. The van der Waals surface area contributed by atoms with Crippen LogP contribution in [0.1, 0.15) is 22.1 Å². The maximum absolute atomic E-state index is 12.8. The van der Waals surface area contributed by atoms with Gasteiger partial charge in [0.25, 0.3) is 5.91 Å². The molecule has 3 rings (SSSR count). The van der Waals surface area contributed by atoms with Gasteiger partial charge in [-0.2, -0.15) is 0 Å². The van der Waals surface area contributed by atoms with Crippen molar-refractivity contribution in [1.29, 1.82) is 0 Å². The Morgan fingerprint density at radius 2 is 1.68 bits per heavy atom. The minimum atomic E-state index is -0.548. The third-order valence-corrected chi connectivity index (χ3v) is 4.30. The largest absolute Gasteiger partial charge is 0.504 e. The zero-order valence-electron chi connectivity index (χ0n) is 14.5. The number of nitrogens with one attached hydrogen (secondary N) is 1. The van der Waals surface area contributed by atoms with Crippen LogP contribution in [0.2, 0.25) is 0 Å². The number of anilines is 1. The molecule has 1 aliphatic heterocycles. The van der Waals surface area contributed by atoms with Crippen molar-refractivity contribution in [2.45, 2.75) is 6.17 Å². The van der Waals surface area contributed by atoms with Gasteiger partial charge in [0, 0.05) is 18.7 Å². The molecule has 1 amide bonds. The van der Waals surface area contributed by atoms with E-state index in [-0.39, 0.29) is 11.7 Å². The van der Waals surface area contributed by atoms with Crippen LogP contribution in [-0.4, -0.2) is 44.3 Å². The lowest BCUT2D eigenvalue weighted by Crippen LogP contribution is -2.40. The quantitative estimate of drug-likeness (QED) is 0.887. The van der Waals surface area contributed by atoms with Crippen molar-refractivity contribution in [3.05, 3.63) is 41.5 Å². The minimum absolute atomic E-state index is 0.00826. The molecule has 0 unspecified atom stereocenters. The van der Waals surface area contributed by atoms with E-state index in [9.17, 15) is 9.90 Å². The minimum Gasteiger partial charge on any atom is -0.504 e. The molecule has 1 heterocycles. The number of carbonyl (C=O) groups is 1. The monoisotopic (exact) mass is 344 g/mol. The first-order valence-electron chi connectivity index (χ1n) is 7.67. The first-order valence-corrected chi connectivity index (χ1v) is 7.67. The van der Waals surface area contributed by atoms with E-state index in [0.717, 1.165) is 0 Å². The van der Waals surface area contributed by atoms with Crippen LogP contribution in [-0.2, 0) is 0 Å². The van der Waals surface area contributed by atoms with E-state index in [1.165, 1.54) is 26.2 Å². The first-order chi connectivity index (χ1) is 12.0. The SMILES string of the molecule is COc1cc2c(cc1OC)C(=O)N(C)[C@@H](c1cccc(OC)c1O)N2. The highest BCUT2D eigenvalue weighted by Crippen LogP contribution is 2.42. The Balaban J connectivity index is 2.09. The number of methoxy groups -OCH3 is 3. The molecule has 25 heavy (non-hydrogen) atoms. The molecular weight excluding hydrogens is 324 g/mol. The van der Waals surface area contributed by atoms with E-state index in [4.69, 9.17) is 14.2 Å². The van der Waals surface area contributed by atoms with Crippen molar-refractivity contribution in [3.63, 3.8) is 0 Å². The normalized spacial score (nSPS) is 16.1. The number of hydrogen-bond donors (Lipinski definition) is 2. The predicted octanol–water partition coefficient (Wildman–Crippen LogP) is 2.61. The Labute approximate surface area is 145 Å². The average Bonchev–Trinajstić information content (AvgIpc) is 2.64. The number of carbonyl (C=O) groups excluding carboxylic acids is 1. The van der Waals surface area contributed by atoms with Crippen molar-refractivity contribution >= 4 is 11.6 Å². The Morgan fingerprint density at radius 1 is 1.04 bits per heavy atom. The molecule has 7 heteroatoms. The van der Waals surface area contributed by atoms with Gasteiger partial charge >= 0.3 is 0 Å². The summed E-state index contributed by atoms with van der Waals surface area (Å²) in [7, 11) is 6.20. The summed E-state index contributed by atoms with van der Waals surface area (Å²) < 4.78 is 15.7. The first kappa shape index (κ1) is 16.8. The van der Waals surface area contributed by atoms with Crippen LogP contribution in [0.4, 0.5) is 5.69 Å². The third-order valence-electron chi connectivity index (χ3n) is 4.30. The Bertz CT molecular complexity index is 821. The summed E-state index contributed by atoms with van der Waals surface area (Å²) in [5.74, 6) is 1.14. The topological polar surface area (TPSA) is 80.3 Å². The lowest BCUT2D eigenvalue weighted by molar-refractivity contribution is 0.0733. The van der Waals surface area contributed by atoms with Crippen molar-refractivity contribution in [2.75, 3.05) is 33.7 Å². The van der Waals surface area contributed by atoms with Gasteiger partial charge in [-0.05, 0) is 12.1 Å². The molecule has 2 N–H and O–H groups in total. The number of aromatic hydroxyl groups is 1. The van der Waals surface area contributed by atoms with Gasteiger partial charge in [-0.3, -0.25) is 4.79 Å². The second-order valence-corrected chi connectivity index (χ2v) is 5.61. The van der Waals surface area contributed by atoms with Crippen molar-refractivity contribution in [3.8, 4) is 23.0 Å². The molecule has 132 valence electrons. The Kier molecular flexibility index (Phi) is 4.31. The number of amides is 1. The molecule has 2 aromatic rings. The average molecular weight is 344 g/mol. The van der Waals surface area contributed by atoms with Crippen LogP contribution in [0.3, 0.4) is 0 Å². The molecule has 2 aromatic carbocycles.